The topological polar surface area (TPSA) is 346 Å². The summed E-state index contributed by atoms with van der Waals surface area (Å²) in [5.74, 6) is 0. The second-order valence-electron chi connectivity index (χ2n) is 1.44. The van der Waals surface area contributed by atoms with Crippen LogP contribution in [0, 0.1) is 0 Å². The average Bonchev–Trinajstić information content (AvgIpc) is 1.94. The van der Waals surface area contributed by atoms with Crippen LogP contribution in [0.4, 0.5) is 0 Å². The molecule has 0 amide bonds. The van der Waals surface area contributed by atoms with Gasteiger partial charge in [0.25, 0.3) is 0 Å². The first-order valence-electron chi connectivity index (χ1n) is 3.54. The predicted octanol–water partition coefficient (Wildman–Crippen LogP) is -27.4. The van der Waals surface area contributed by atoms with Crippen molar-refractivity contribution >= 4 is 36.6 Å². The van der Waals surface area contributed by atoms with Crippen molar-refractivity contribution in [2.75, 3.05) is 0 Å². The Bertz CT molecular complexity index is 120. The predicted molar refractivity (Wildman–Crippen MR) is 42.1 cm³/mol. The van der Waals surface area contributed by atoms with E-state index in [0.29, 0.717) is 0 Å². The Morgan fingerprint density at radius 1 is 0.261 bits per heavy atom. The molecule has 0 heterocycles. The van der Waals surface area contributed by atoms with Gasteiger partial charge in [0.05, 0.1) is 0 Å². The van der Waals surface area contributed by atoms with Gasteiger partial charge in [-0.1, -0.05) is 0 Å². The molecule has 0 aliphatic rings. The molecule has 15 nitrogen and oxygen atoms in total. The standard InChI is InChI=1S/5BO3.3Na/c5*2-1(3)4;;;/q5*-3;3*+1/p+12. The molecule has 0 saturated heterocycles. The molecule has 0 unspecified atom stereocenters. The summed E-state index contributed by atoms with van der Waals surface area (Å²) in [5, 5.41) is 126. The normalized spacial score (nSPS) is 5.87. The Morgan fingerprint density at radius 3 is 0.261 bits per heavy atom. The van der Waals surface area contributed by atoms with Gasteiger partial charge in [0.2, 0.25) is 0 Å². The molecule has 23 heavy (non-hydrogen) atoms. The summed E-state index contributed by atoms with van der Waals surface area (Å²) in [4.78, 5) is 0. The first-order valence-corrected chi connectivity index (χ1v) is 3.54. The van der Waals surface area contributed by atoms with Crippen LogP contribution in [0.25, 0.3) is 0 Å². The zero-order valence-electron chi connectivity index (χ0n) is 24.0. The second-order valence-corrected chi connectivity index (χ2v) is 1.44. The molecule has 0 radical (unpaired) electrons. The molecule has 0 atom stereocenters. The second kappa shape index (κ2) is 44.3. The van der Waals surface area contributed by atoms with E-state index in [1.165, 1.54) is 0 Å². The molecule has 0 saturated carbocycles. The molecule has 0 bridgehead atoms. The van der Waals surface area contributed by atoms with Gasteiger partial charge in [-0.05, 0) is 0 Å². The molecule has 0 aromatic heterocycles. The van der Waals surface area contributed by atoms with Crippen LogP contribution in [-0.2, 0) is 0 Å². The number of hydrogen-bond acceptors (Lipinski definition) is 15. The van der Waals surface area contributed by atoms with E-state index in [2.05, 4.69) is 0 Å². The van der Waals surface area contributed by atoms with Crippen molar-refractivity contribution < 1.29 is 181 Å². The summed E-state index contributed by atoms with van der Waals surface area (Å²) in [5.41, 5.74) is 0. The van der Waals surface area contributed by atoms with Crippen molar-refractivity contribution in [3.05, 3.63) is 0 Å². The summed E-state index contributed by atoms with van der Waals surface area (Å²) in [7, 11) is -14.6. The van der Waals surface area contributed by atoms with Gasteiger partial charge in [-0.25, -0.2) is 0 Å². The minimum atomic E-state index is -2.92. The molecule has 0 aliphatic heterocycles. The van der Waals surface area contributed by atoms with Crippen LogP contribution in [0.1, 0.15) is 17.1 Å². The van der Waals surface area contributed by atoms with E-state index in [4.69, 9.17) is 75.4 Å². The zero-order chi connectivity index (χ0) is 17.9. The van der Waals surface area contributed by atoms with Crippen molar-refractivity contribution in [3.8, 4) is 0 Å². The minimum absolute atomic E-state index is 0. The third kappa shape index (κ3) is 1720. The first-order chi connectivity index (χ1) is 8.66. The fraction of sp³-hybridized carbons (Fsp3) is 0. The van der Waals surface area contributed by atoms with E-state index in [0.717, 1.165) is 0 Å². The third-order valence-electron chi connectivity index (χ3n) is 0. The van der Waals surface area contributed by atoms with Crippen LogP contribution in [0.15, 0.2) is 0 Å². The molecule has 0 aromatic rings. The van der Waals surface area contributed by atoms with Gasteiger partial charge in [0.15, 0.2) is 0 Å². The van der Waals surface area contributed by atoms with Gasteiger partial charge in [-0.2, -0.15) is 0 Å². The largest absolute Gasteiger partial charge is 1.00 e. The Balaban J connectivity index is -0.00000000403. The van der Waals surface area contributed by atoms with Gasteiger partial charge in [0, 0.05) is 0 Å². The third-order valence-corrected chi connectivity index (χ3v) is 0. The van der Waals surface area contributed by atoms with Crippen molar-refractivity contribution in [3.63, 3.8) is 0 Å². The maximum Gasteiger partial charge on any atom is 1.00 e. The van der Waals surface area contributed by atoms with E-state index in [1.807, 2.05) is 0 Å². The summed E-state index contributed by atoms with van der Waals surface area (Å²) in [6, 6.07) is 0. The molecular weight excluding hydrogens is 363 g/mol. The first kappa shape index (κ1) is 50.1. The van der Waals surface area contributed by atoms with Gasteiger partial charge in [-0.15, -0.1) is 0 Å². The zero-order valence-corrected chi connectivity index (χ0v) is 18.0. The number of hydrogen-bond donors (Lipinski definition) is 0. The molecule has 0 fully saturated rings. The molecule has 120 valence electrons. The summed E-state index contributed by atoms with van der Waals surface area (Å²) < 4.78 is 0. The van der Waals surface area contributed by atoms with Gasteiger partial charge >= 0.3 is 106 Å². The summed E-state index contributed by atoms with van der Waals surface area (Å²) >= 11 is 0. The Labute approximate surface area is 216 Å². The van der Waals surface area contributed by atoms with E-state index < -0.39 is 36.6 Å². The molecule has 0 aliphatic carbocycles. The van der Waals surface area contributed by atoms with Crippen molar-refractivity contribution in [2.45, 2.75) is 0 Å². The average molecular weight is 375 g/mol. The van der Waals surface area contributed by atoms with E-state index >= 15 is 0 Å². The van der Waals surface area contributed by atoms with Crippen LogP contribution in [0.5, 0.6) is 0 Å². The van der Waals surface area contributed by atoms with Crippen molar-refractivity contribution in [2.24, 2.45) is 0 Å². The molecule has 0 spiro atoms. The smallest absolute Gasteiger partial charge is 0.907 e. The molecule has 23 heteroatoms. The molecular formula is H12B5Na3O15. The van der Waals surface area contributed by atoms with Crippen LogP contribution in [-0.4, -0.2) is 36.6 Å². The molecule has 0 N–H and O–H groups in total. The van der Waals surface area contributed by atoms with Crippen LogP contribution < -0.4 is 164 Å². The van der Waals surface area contributed by atoms with Crippen molar-refractivity contribution in [1.82, 2.24) is 0 Å². The van der Waals surface area contributed by atoms with E-state index in [1.54, 1.807) is 0 Å². The maximum absolute atomic E-state index is 8.42. The maximum atomic E-state index is 8.42. The fourth-order valence-corrected chi connectivity index (χ4v) is 0. The fourth-order valence-electron chi connectivity index (χ4n) is 0. The number of rotatable bonds is 0. The minimum Gasteiger partial charge on any atom is -0.907 e. The van der Waals surface area contributed by atoms with Gasteiger partial charge < -0.3 is 75.4 Å². The SMILES string of the molecule is [H+].[H+].[H+].[H+].[H+].[H+].[H+].[H+].[H+].[H+].[H+].[H+].[Na+].[Na+].[Na+].[O-]B([O-])[O-].[O-]B([O-])[O-].[O-]B([O-])[O-].[O-]B([O-])[O-].[O-]B([O-])[O-]. The Morgan fingerprint density at radius 2 is 0.261 bits per heavy atom. The van der Waals surface area contributed by atoms with E-state index in [-0.39, 0.29) is 106 Å². The Kier molecular flexibility index (Phi) is 96.4. The monoisotopic (exact) mass is 376 g/mol. The van der Waals surface area contributed by atoms with Crippen LogP contribution in [0.2, 0.25) is 0 Å². The molecule has 0 aromatic carbocycles. The molecule has 0 rings (SSSR count). The quantitative estimate of drug-likeness (QED) is 0.354. The Hall–Kier alpha value is 2.72. The van der Waals surface area contributed by atoms with Crippen LogP contribution in [0.3, 0.4) is 0 Å². The van der Waals surface area contributed by atoms with Gasteiger partial charge in [-0.3, -0.25) is 36.6 Å². The van der Waals surface area contributed by atoms with Crippen LogP contribution >= 0.6 is 0 Å². The summed E-state index contributed by atoms with van der Waals surface area (Å²) in [6.45, 7) is 0. The van der Waals surface area contributed by atoms with Crippen molar-refractivity contribution in [1.29, 1.82) is 0 Å². The summed E-state index contributed by atoms with van der Waals surface area (Å²) in [6.07, 6.45) is 0. The van der Waals surface area contributed by atoms with Gasteiger partial charge in [0.1, 0.15) is 0 Å². The van der Waals surface area contributed by atoms with E-state index in [9.17, 15) is 0 Å².